The Labute approximate surface area is 161 Å². The van der Waals surface area contributed by atoms with Crippen LogP contribution in [0.4, 0.5) is 8.78 Å². The highest BCUT2D eigenvalue weighted by Crippen LogP contribution is 2.30. The highest BCUT2D eigenvalue weighted by atomic mass is 19.1. The molecule has 5 heteroatoms. The quantitative estimate of drug-likeness (QED) is 0.319. The molecule has 0 heterocycles. The summed E-state index contributed by atoms with van der Waals surface area (Å²) in [4.78, 5) is 11.5. The molecule has 0 unspecified atom stereocenters. The molecular formula is C23H18F2O3. The molecule has 0 aliphatic carbocycles. The van der Waals surface area contributed by atoms with Gasteiger partial charge in [0, 0.05) is 5.57 Å². The largest absolute Gasteiger partial charge is 0.494 e. The summed E-state index contributed by atoms with van der Waals surface area (Å²) in [5, 5.41) is 0. The SMILES string of the molecule is C=C(C)C(=O)Oc1ccc(-c2ccc(-c3ccc(OC)c(F)c3)cc2)cc1F. The average molecular weight is 380 g/mol. The van der Waals surface area contributed by atoms with Crippen molar-refractivity contribution in [1.82, 2.24) is 0 Å². The number of ether oxygens (including phenoxy) is 2. The highest BCUT2D eigenvalue weighted by Gasteiger charge is 2.12. The lowest BCUT2D eigenvalue weighted by Crippen LogP contribution is -2.09. The van der Waals surface area contributed by atoms with Crippen molar-refractivity contribution in [3.8, 4) is 33.8 Å². The highest BCUT2D eigenvalue weighted by molar-refractivity contribution is 5.88. The topological polar surface area (TPSA) is 35.5 Å². The van der Waals surface area contributed by atoms with Crippen molar-refractivity contribution in [3.63, 3.8) is 0 Å². The molecular weight excluding hydrogens is 362 g/mol. The third-order valence-corrected chi connectivity index (χ3v) is 4.19. The van der Waals surface area contributed by atoms with Gasteiger partial charge in [0.25, 0.3) is 0 Å². The Hall–Kier alpha value is -3.47. The number of esters is 1. The van der Waals surface area contributed by atoms with Gasteiger partial charge in [-0.05, 0) is 53.4 Å². The van der Waals surface area contributed by atoms with Crippen LogP contribution in [0.25, 0.3) is 22.3 Å². The molecule has 0 spiro atoms. The van der Waals surface area contributed by atoms with Crippen LogP contribution in [0.3, 0.4) is 0 Å². The van der Waals surface area contributed by atoms with Crippen LogP contribution in [-0.2, 0) is 4.79 Å². The Balaban J connectivity index is 1.83. The molecule has 3 nitrogen and oxygen atoms in total. The van der Waals surface area contributed by atoms with Gasteiger partial charge in [0.05, 0.1) is 7.11 Å². The van der Waals surface area contributed by atoms with E-state index in [0.29, 0.717) is 11.1 Å². The lowest BCUT2D eigenvalue weighted by atomic mass is 10.00. The maximum Gasteiger partial charge on any atom is 0.338 e. The maximum atomic E-state index is 14.3. The standard InChI is InChI=1S/C23H18F2O3/c1-14(2)23(26)28-22-11-9-18(13-20(22)25)16-6-4-15(5-7-16)17-8-10-21(27-3)19(24)12-17/h4-13H,1H2,2-3H3. The second-order valence-electron chi connectivity index (χ2n) is 6.24. The monoisotopic (exact) mass is 380 g/mol. The van der Waals surface area contributed by atoms with Gasteiger partial charge >= 0.3 is 5.97 Å². The lowest BCUT2D eigenvalue weighted by Gasteiger charge is -2.09. The zero-order chi connectivity index (χ0) is 20.3. The molecule has 0 saturated heterocycles. The van der Waals surface area contributed by atoms with E-state index in [0.717, 1.165) is 11.1 Å². The van der Waals surface area contributed by atoms with Crippen LogP contribution in [0.2, 0.25) is 0 Å². The number of benzene rings is 3. The van der Waals surface area contributed by atoms with E-state index in [9.17, 15) is 13.6 Å². The van der Waals surface area contributed by atoms with Crippen molar-refractivity contribution in [2.45, 2.75) is 6.92 Å². The first-order chi connectivity index (χ1) is 13.4. The van der Waals surface area contributed by atoms with Crippen molar-refractivity contribution in [3.05, 3.63) is 84.5 Å². The summed E-state index contributed by atoms with van der Waals surface area (Å²) in [5.41, 5.74) is 3.11. The molecule has 0 radical (unpaired) electrons. The summed E-state index contributed by atoms with van der Waals surface area (Å²) in [5.74, 6) is -1.73. The summed E-state index contributed by atoms with van der Waals surface area (Å²) >= 11 is 0. The summed E-state index contributed by atoms with van der Waals surface area (Å²) in [6.07, 6.45) is 0. The summed E-state index contributed by atoms with van der Waals surface area (Å²) in [6, 6.07) is 16.4. The number of hydrogen-bond acceptors (Lipinski definition) is 3. The molecule has 0 aromatic heterocycles. The number of methoxy groups -OCH3 is 1. The van der Waals surface area contributed by atoms with E-state index < -0.39 is 17.6 Å². The first-order valence-electron chi connectivity index (χ1n) is 8.50. The van der Waals surface area contributed by atoms with Crippen LogP contribution >= 0.6 is 0 Å². The third kappa shape index (κ3) is 4.09. The molecule has 3 rings (SSSR count). The van der Waals surface area contributed by atoms with E-state index in [1.807, 2.05) is 24.3 Å². The molecule has 0 aliphatic heterocycles. The third-order valence-electron chi connectivity index (χ3n) is 4.19. The summed E-state index contributed by atoms with van der Waals surface area (Å²) < 4.78 is 38.0. The molecule has 0 amide bonds. The number of carbonyl (C=O) groups is 1. The van der Waals surface area contributed by atoms with E-state index in [-0.39, 0.29) is 17.1 Å². The molecule has 0 N–H and O–H groups in total. The molecule has 0 saturated carbocycles. The van der Waals surface area contributed by atoms with Gasteiger partial charge in [0.2, 0.25) is 0 Å². The number of carbonyl (C=O) groups excluding carboxylic acids is 1. The predicted octanol–water partition coefficient (Wildman–Crippen LogP) is 5.79. The maximum absolute atomic E-state index is 14.3. The Kier molecular flexibility index (Phi) is 5.54. The first-order valence-corrected chi connectivity index (χ1v) is 8.50. The molecule has 3 aromatic carbocycles. The van der Waals surface area contributed by atoms with Crippen LogP contribution < -0.4 is 9.47 Å². The van der Waals surface area contributed by atoms with Gasteiger partial charge in [-0.15, -0.1) is 0 Å². The van der Waals surface area contributed by atoms with Crippen LogP contribution in [-0.4, -0.2) is 13.1 Å². The van der Waals surface area contributed by atoms with Gasteiger partial charge < -0.3 is 9.47 Å². The number of rotatable bonds is 5. The summed E-state index contributed by atoms with van der Waals surface area (Å²) in [6.45, 7) is 4.96. The molecule has 0 atom stereocenters. The van der Waals surface area contributed by atoms with Crippen molar-refractivity contribution >= 4 is 5.97 Å². The van der Waals surface area contributed by atoms with Gasteiger partial charge in [0.1, 0.15) is 0 Å². The first kappa shape index (κ1) is 19.3. The fraction of sp³-hybridized carbons (Fsp3) is 0.0870. The van der Waals surface area contributed by atoms with E-state index in [4.69, 9.17) is 9.47 Å². The molecule has 0 aliphatic rings. The normalized spacial score (nSPS) is 10.4. The smallest absolute Gasteiger partial charge is 0.338 e. The molecule has 3 aromatic rings. The minimum absolute atomic E-state index is 0.151. The van der Waals surface area contributed by atoms with Crippen LogP contribution in [0.1, 0.15) is 6.92 Å². The van der Waals surface area contributed by atoms with Crippen molar-refractivity contribution in [2.24, 2.45) is 0 Å². The zero-order valence-corrected chi connectivity index (χ0v) is 15.5. The molecule has 142 valence electrons. The predicted molar refractivity (Wildman–Crippen MR) is 104 cm³/mol. The van der Waals surface area contributed by atoms with Crippen LogP contribution in [0, 0.1) is 11.6 Å². The van der Waals surface area contributed by atoms with Crippen molar-refractivity contribution in [1.29, 1.82) is 0 Å². The minimum Gasteiger partial charge on any atom is -0.494 e. The van der Waals surface area contributed by atoms with E-state index in [1.165, 1.54) is 32.2 Å². The van der Waals surface area contributed by atoms with Crippen LogP contribution in [0.5, 0.6) is 11.5 Å². The van der Waals surface area contributed by atoms with Gasteiger partial charge in [-0.3, -0.25) is 0 Å². The molecule has 28 heavy (non-hydrogen) atoms. The van der Waals surface area contributed by atoms with E-state index in [1.54, 1.807) is 18.2 Å². The van der Waals surface area contributed by atoms with Gasteiger partial charge in [-0.25, -0.2) is 13.6 Å². The van der Waals surface area contributed by atoms with Crippen molar-refractivity contribution in [2.75, 3.05) is 7.11 Å². The summed E-state index contributed by atoms with van der Waals surface area (Å²) in [7, 11) is 1.41. The number of hydrogen-bond donors (Lipinski definition) is 0. The van der Waals surface area contributed by atoms with Gasteiger partial charge in [-0.2, -0.15) is 0 Å². The fourth-order valence-corrected chi connectivity index (χ4v) is 2.65. The van der Waals surface area contributed by atoms with Crippen LogP contribution in [0.15, 0.2) is 72.8 Å². The van der Waals surface area contributed by atoms with E-state index >= 15 is 0 Å². The minimum atomic E-state index is -0.678. The van der Waals surface area contributed by atoms with E-state index in [2.05, 4.69) is 6.58 Å². The fourth-order valence-electron chi connectivity index (χ4n) is 2.65. The Morgan fingerprint density at radius 2 is 1.21 bits per heavy atom. The Morgan fingerprint density at radius 1 is 0.786 bits per heavy atom. The lowest BCUT2D eigenvalue weighted by molar-refractivity contribution is -0.130. The van der Waals surface area contributed by atoms with Gasteiger partial charge in [-0.1, -0.05) is 43.0 Å². The molecule has 0 bridgehead atoms. The Bertz CT molecular complexity index is 1040. The average Bonchev–Trinajstić information content (AvgIpc) is 2.69. The number of halogens is 2. The molecule has 0 fully saturated rings. The second-order valence-corrected chi connectivity index (χ2v) is 6.24. The van der Waals surface area contributed by atoms with Gasteiger partial charge in [0.15, 0.2) is 23.1 Å². The van der Waals surface area contributed by atoms with Crippen molar-refractivity contribution < 1.29 is 23.0 Å². The zero-order valence-electron chi connectivity index (χ0n) is 15.5. The second kappa shape index (κ2) is 8.05. The Morgan fingerprint density at radius 3 is 1.61 bits per heavy atom.